The Labute approximate surface area is 188 Å². The predicted octanol–water partition coefficient (Wildman–Crippen LogP) is 3.47. The Morgan fingerprint density at radius 3 is 2.44 bits per heavy atom. The van der Waals surface area contributed by atoms with E-state index in [2.05, 4.69) is 4.90 Å². The summed E-state index contributed by atoms with van der Waals surface area (Å²) in [7, 11) is -3.61. The lowest BCUT2D eigenvalue weighted by Crippen LogP contribution is -2.48. The van der Waals surface area contributed by atoms with Gasteiger partial charge in [0.05, 0.1) is 11.5 Å². The molecule has 3 aromatic rings. The summed E-state index contributed by atoms with van der Waals surface area (Å²) >= 11 is 0. The van der Waals surface area contributed by atoms with E-state index in [4.69, 9.17) is 14.2 Å². The van der Waals surface area contributed by atoms with E-state index < -0.39 is 10.0 Å². The maximum absolute atomic E-state index is 13.5. The Bertz CT molecular complexity index is 1240. The normalized spacial score (nSPS) is 17.0. The number of rotatable bonds is 6. The number of benzene rings is 3. The second kappa shape index (κ2) is 8.61. The van der Waals surface area contributed by atoms with Crippen molar-refractivity contribution in [1.29, 1.82) is 0 Å². The average molecular weight is 455 g/mol. The molecule has 32 heavy (non-hydrogen) atoms. The quantitative estimate of drug-likeness (QED) is 0.568. The fraction of sp³-hybridized carbons (Fsp3) is 0.333. The Kier molecular flexibility index (Phi) is 5.67. The maximum Gasteiger partial charge on any atom is 0.243 e. The number of ether oxygens (including phenoxy) is 3. The topological polar surface area (TPSA) is 68.3 Å². The zero-order valence-electron chi connectivity index (χ0n) is 18.0. The van der Waals surface area contributed by atoms with Crippen LogP contribution in [0.15, 0.2) is 59.5 Å². The van der Waals surface area contributed by atoms with Gasteiger partial charge in [0.25, 0.3) is 0 Å². The Morgan fingerprint density at radius 1 is 0.906 bits per heavy atom. The van der Waals surface area contributed by atoms with Crippen molar-refractivity contribution in [2.45, 2.75) is 18.4 Å². The first-order valence-corrected chi connectivity index (χ1v) is 12.3. The average Bonchev–Trinajstić information content (AvgIpc) is 3.28. The van der Waals surface area contributed by atoms with Crippen LogP contribution in [0, 0.1) is 0 Å². The van der Waals surface area contributed by atoms with Crippen LogP contribution in [0.4, 0.5) is 0 Å². The van der Waals surface area contributed by atoms with Gasteiger partial charge in [0, 0.05) is 43.5 Å². The second-order valence-electron chi connectivity index (χ2n) is 7.91. The molecule has 1 fully saturated rings. The summed E-state index contributed by atoms with van der Waals surface area (Å²) < 4.78 is 45.1. The molecule has 2 heterocycles. The zero-order chi connectivity index (χ0) is 22.1. The van der Waals surface area contributed by atoms with Crippen LogP contribution in [0.2, 0.25) is 0 Å². The van der Waals surface area contributed by atoms with Gasteiger partial charge in [0.2, 0.25) is 16.8 Å². The van der Waals surface area contributed by atoms with Crippen molar-refractivity contribution >= 4 is 20.8 Å². The van der Waals surface area contributed by atoms with Gasteiger partial charge in [-0.05, 0) is 36.8 Å². The molecule has 1 saturated heterocycles. The van der Waals surface area contributed by atoms with E-state index in [-0.39, 0.29) is 6.79 Å². The second-order valence-corrected chi connectivity index (χ2v) is 9.81. The summed E-state index contributed by atoms with van der Waals surface area (Å²) in [6, 6.07) is 16.9. The highest BCUT2D eigenvalue weighted by molar-refractivity contribution is 7.89. The van der Waals surface area contributed by atoms with Crippen LogP contribution in [0.5, 0.6) is 17.2 Å². The highest BCUT2D eigenvalue weighted by atomic mass is 32.2. The first-order chi connectivity index (χ1) is 15.6. The summed E-state index contributed by atoms with van der Waals surface area (Å²) in [4.78, 5) is 2.60. The van der Waals surface area contributed by atoms with E-state index >= 15 is 0 Å². The summed E-state index contributed by atoms with van der Waals surface area (Å²) in [5.41, 5.74) is 1.13. The number of piperazine rings is 1. The molecule has 8 heteroatoms. The molecule has 0 saturated carbocycles. The fourth-order valence-electron chi connectivity index (χ4n) is 4.31. The van der Waals surface area contributed by atoms with Gasteiger partial charge in [-0.1, -0.05) is 30.3 Å². The summed E-state index contributed by atoms with van der Waals surface area (Å²) in [6.45, 7) is 5.70. The number of hydrogen-bond acceptors (Lipinski definition) is 6. The third-order valence-corrected chi connectivity index (χ3v) is 7.89. The lowest BCUT2D eigenvalue weighted by atomic mass is 10.1. The van der Waals surface area contributed by atoms with E-state index in [1.807, 2.05) is 49.4 Å². The molecular formula is C24H26N2O5S. The van der Waals surface area contributed by atoms with Crippen LogP contribution in [0.25, 0.3) is 10.8 Å². The van der Waals surface area contributed by atoms with E-state index in [9.17, 15) is 8.42 Å². The van der Waals surface area contributed by atoms with Crippen molar-refractivity contribution in [2.75, 3.05) is 39.6 Å². The molecule has 0 atom stereocenters. The van der Waals surface area contributed by atoms with Gasteiger partial charge in [-0.3, -0.25) is 4.90 Å². The number of hydrogen-bond donors (Lipinski definition) is 0. The van der Waals surface area contributed by atoms with Crippen LogP contribution in [-0.2, 0) is 16.6 Å². The lowest BCUT2D eigenvalue weighted by Gasteiger charge is -2.34. The fourth-order valence-corrected chi connectivity index (χ4v) is 5.93. The number of sulfonamides is 1. The van der Waals surface area contributed by atoms with Crippen molar-refractivity contribution < 1.29 is 22.6 Å². The van der Waals surface area contributed by atoms with Crippen LogP contribution < -0.4 is 14.2 Å². The van der Waals surface area contributed by atoms with Crippen LogP contribution in [0.1, 0.15) is 12.5 Å². The standard InChI is InChI=1S/C24H26N2O5S/c1-2-29-21-9-10-24(20-6-4-3-5-19(20)21)32(27,28)26-13-11-25(12-14-26)16-18-7-8-22-23(15-18)31-17-30-22/h3-10,15H,2,11-14,16-17H2,1H3. The van der Waals surface area contributed by atoms with Gasteiger partial charge < -0.3 is 14.2 Å². The molecule has 0 aliphatic carbocycles. The van der Waals surface area contributed by atoms with E-state index in [0.29, 0.717) is 48.8 Å². The highest BCUT2D eigenvalue weighted by Crippen LogP contribution is 2.34. The molecule has 0 unspecified atom stereocenters. The van der Waals surface area contributed by atoms with Crippen molar-refractivity contribution in [3.8, 4) is 17.2 Å². The van der Waals surface area contributed by atoms with Crippen molar-refractivity contribution in [1.82, 2.24) is 9.21 Å². The monoisotopic (exact) mass is 454 g/mol. The van der Waals surface area contributed by atoms with Crippen LogP contribution in [-0.4, -0.2) is 57.2 Å². The highest BCUT2D eigenvalue weighted by Gasteiger charge is 2.30. The minimum Gasteiger partial charge on any atom is -0.493 e. The molecule has 0 radical (unpaired) electrons. The minimum atomic E-state index is -3.61. The van der Waals surface area contributed by atoms with Crippen molar-refractivity contribution in [2.24, 2.45) is 0 Å². The zero-order valence-corrected chi connectivity index (χ0v) is 18.8. The van der Waals surface area contributed by atoms with Crippen LogP contribution in [0.3, 0.4) is 0 Å². The molecule has 3 aromatic carbocycles. The number of fused-ring (bicyclic) bond motifs is 2. The molecule has 168 valence electrons. The van der Waals surface area contributed by atoms with Crippen molar-refractivity contribution in [3.05, 3.63) is 60.2 Å². The largest absolute Gasteiger partial charge is 0.493 e. The first-order valence-electron chi connectivity index (χ1n) is 10.8. The van der Waals surface area contributed by atoms with Crippen molar-refractivity contribution in [3.63, 3.8) is 0 Å². The van der Waals surface area contributed by atoms with Gasteiger partial charge in [0.1, 0.15) is 5.75 Å². The smallest absolute Gasteiger partial charge is 0.243 e. The third kappa shape index (κ3) is 3.90. The molecule has 0 N–H and O–H groups in total. The molecule has 0 amide bonds. The van der Waals surface area contributed by atoms with E-state index in [0.717, 1.165) is 29.0 Å². The van der Waals surface area contributed by atoms with Gasteiger partial charge in [0.15, 0.2) is 11.5 Å². The van der Waals surface area contributed by atoms with Crippen LogP contribution >= 0.6 is 0 Å². The van der Waals surface area contributed by atoms with E-state index in [1.54, 1.807) is 16.4 Å². The molecule has 5 rings (SSSR count). The molecule has 2 aliphatic rings. The minimum absolute atomic E-state index is 0.259. The predicted molar refractivity (Wildman–Crippen MR) is 122 cm³/mol. The first kappa shape index (κ1) is 21.1. The summed E-state index contributed by atoms with van der Waals surface area (Å²) in [5.74, 6) is 2.24. The SMILES string of the molecule is CCOc1ccc(S(=O)(=O)N2CCN(Cc3ccc4c(c3)OCO4)CC2)c2ccccc12. The number of nitrogens with zero attached hydrogens (tertiary/aromatic N) is 2. The summed E-state index contributed by atoms with van der Waals surface area (Å²) in [6.07, 6.45) is 0. The maximum atomic E-state index is 13.5. The van der Waals surface area contributed by atoms with E-state index in [1.165, 1.54) is 0 Å². The Balaban J connectivity index is 1.32. The molecule has 2 aliphatic heterocycles. The van der Waals surface area contributed by atoms with Gasteiger partial charge in [-0.25, -0.2) is 8.42 Å². The van der Waals surface area contributed by atoms with Gasteiger partial charge >= 0.3 is 0 Å². The molecular weight excluding hydrogens is 428 g/mol. The van der Waals surface area contributed by atoms with Gasteiger partial charge in [-0.15, -0.1) is 0 Å². The lowest BCUT2D eigenvalue weighted by molar-refractivity contribution is 0.173. The Hall–Kier alpha value is -2.81. The third-order valence-electron chi connectivity index (χ3n) is 5.94. The molecule has 0 aromatic heterocycles. The summed E-state index contributed by atoms with van der Waals surface area (Å²) in [5, 5.41) is 1.51. The molecule has 7 nitrogen and oxygen atoms in total. The van der Waals surface area contributed by atoms with Gasteiger partial charge in [-0.2, -0.15) is 4.31 Å². The Morgan fingerprint density at radius 2 is 1.66 bits per heavy atom. The molecule has 0 bridgehead atoms. The molecule has 0 spiro atoms.